The van der Waals surface area contributed by atoms with Crippen molar-refractivity contribution in [2.24, 2.45) is 0 Å². The molecular weight excluding hydrogens is 196 g/mol. The van der Waals surface area contributed by atoms with Gasteiger partial charge in [-0.2, -0.15) is 0 Å². The molecule has 1 heterocycles. The van der Waals surface area contributed by atoms with E-state index in [0.717, 1.165) is 12.1 Å². The molecule has 3 nitrogen and oxygen atoms in total. The molecule has 1 rings (SSSR count). The minimum atomic E-state index is 0.0529. The van der Waals surface area contributed by atoms with Crippen LogP contribution in [0, 0.1) is 0 Å². The molecule has 1 aromatic heterocycles. The molecule has 0 spiro atoms. The third-order valence-corrected chi connectivity index (χ3v) is 2.61. The van der Waals surface area contributed by atoms with Gasteiger partial charge in [0.2, 0.25) is 5.91 Å². The number of hydrogen-bond donors (Lipinski definition) is 1. The van der Waals surface area contributed by atoms with E-state index in [4.69, 9.17) is 0 Å². The van der Waals surface area contributed by atoms with Gasteiger partial charge in [-0.1, -0.05) is 20.8 Å². The molecule has 0 aliphatic carbocycles. The highest BCUT2D eigenvalue weighted by Gasteiger charge is 2.07. The fraction of sp³-hybridized carbons (Fsp3) is 0.600. The Morgan fingerprint density at radius 3 is 2.86 bits per heavy atom. The van der Waals surface area contributed by atoms with Gasteiger partial charge in [-0.15, -0.1) is 11.3 Å². The fourth-order valence-electron chi connectivity index (χ4n) is 1.02. The van der Waals surface area contributed by atoms with Gasteiger partial charge in [-0.25, -0.2) is 4.98 Å². The molecule has 0 aliphatic heterocycles. The minimum Gasteiger partial charge on any atom is -0.302 e. The van der Waals surface area contributed by atoms with E-state index < -0.39 is 0 Å². The zero-order valence-electron chi connectivity index (χ0n) is 8.83. The van der Waals surface area contributed by atoms with Crippen LogP contribution in [0.2, 0.25) is 0 Å². The van der Waals surface area contributed by atoms with Crippen LogP contribution >= 0.6 is 11.3 Å². The van der Waals surface area contributed by atoms with Crippen LogP contribution in [0.5, 0.6) is 0 Å². The van der Waals surface area contributed by atoms with Gasteiger partial charge in [0.25, 0.3) is 0 Å². The van der Waals surface area contributed by atoms with Gasteiger partial charge in [0.05, 0.1) is 5.69 Å². The molecule has 1 aromatic rings. The van der Waals surface area contributed by atoms with Gasteiger partial charge in [0.1, 0.15) is 0 Å². The molecule has 1 amide bonds. The van der Waals surface area contributed by atoms with Crippen molar-refractivity contribution in [1.29, 1.82) is 0 Å². The van der Waals surface area contributed by atoms with Gasteiger partial charge in [-0.05, 0) is 12.3 Å². The van der Waals surface area contributed by atoms with E-state index in [9.17, 15) is 4.79 Å². The van der Waals surface area contributed by atoms with Crippen LogP contribution < -0.4 is 5.32 Å². The second-order valence-electron chi connectivity index (χ2n) is 3.53. The molecule has 0 saturated heterocycles. The molecule has 0 saturated carbocycles. The summed E-state index contributed by atoms with van der Waals surface area (Å²) in [6.45, 7) is 6.17. The second kappa shape index (κ2) is 5.10. The Hall–Kier alpha value is -0.900. The molecule has 4 heteroatoms. The van der Waals surface area contributed by atoms with Crippen molar-refractivity contribution < 1.29 is 4.79 Å². The summed E-state index contributed by atoms with van der Waals surface area (Å²) in [6.07, 6.45) is 1.44. The van der Waals surface area contributed by atoms with Crippen LogP contribution in [0.15, 0.2) is 5.38 Å². The Kier molecular flexibility index (Phi) is 4.07. The zero-order valence-corrected chi connectivity index (χ0v) is 9.65. The molecule has 0 aromatic carbocycles. The van der Waals surface area contributed by atoms with Crippen molar-refractivity contribution in [2.75, 3.05) is 5.32 Å². The van der Waals surface area contributed by atoms with Crippen molar-refractivity contribution in [2.45, 2.75) is 39.5 Å². The highest BCUT2D eigenvalue weighted by Crippen LogP contribution is 2.21. The summed E-state index contributed by atoms with van der Waals surface area (Å²) in [4.78, 5) is 15.6. The molecule has 0 atom stereocenters. The normalized spacial score (nSPS) is 10.6. The summed E-state index contributed by atoms with van der Waals surface area (Å²) in [7, 11) is 0. The molecule has 78 valence electrons. The highest BCUT2D eigenvalue weighted by atomic mass is 32.1. The molecule has 14 heavy (non-hydrogen) atoms. The lowest BCUT2D eigenvalue weighted by molar-refractivity contribution is -0.116. The van der Waals surface area contributed by atoms with Crippen molar-refractivity contribution in [3.05, 3.63) is 11.1 Å². The lowest BCUT2D eigenvalue weighted by Gasteiger charge is -1.99. The Morgan fingerprint density at radius 2 is 2.36 bits per heavy atom. The van der Waals surface area contributed by atoms with E-state index in [2.05, 4.69) is 24.1 Å². The zero-order chi connectivity index (χ0) is 10.6. The maximum atomic E-state index is 11.2. The van der Waals surface area contributed by atoms with E-state index in [1.54, 1.807) is 0 Å². The summed E-state index contributed by atoms with van der Waals surface area (Å²) < 4.78 is 0. The third kappa shape index (κ3) is 3.10. The number of amides is 1. The number of thiazole rings is 1. The summed E-state index contributed by atoms with van der Waals surface area (Å²) in [5, 5.41) is 5.49. The van der Waals surface area contributed by atoms with Crippen molar-refractivity contribution in [1.82, 2.24) is 4.98 Å². The topological polar surface area (TPSA) is 42.0 Å². The number of nitrogens with zero attached hydrogens (tertiary/aromatic N) is 1. The van der Waals surface area contributed by atoms with E-state index in [0.29, 0.717) is 17.5 Å². The summed E-state index contributed by atoms with van der Waals surface area (Å²) in [6, 6.07) is 0. The molecule has 0 bridgehead atoms. The monoisotopic (exact) mass is 212 g/mol. The van der Waals surface area contributed by atoms with Gasteiger partial charge >= 0.3 is 0 Å². The maximum absolute atomic E-state index is 11.2. The number of aromatic nitrogens is 1. The highest BCUT2D eigenvalue weighted by molar-refractivity contribution is 7.13. The van der Waals surface area contributed by atoms with Crippen LogP contribution in [-0.4, -0.2) is 10.9 Å². The van der Waals surface area contributed by atoms with Crippen LogP contribution in [0.25, 0.3) is 0 Å². The fourth-order valence-corrected chi connectivity index (χ4v) is 1.91. The number of rotatable bonds is 4. The van der Waals surface area contributed by atoms with Gasteiger partial charge in [0, 0.05) is 11.8 Å². The van der Waals surface area contributed by atoms with Crippen LogP contribution in [0.4, 0.5) is 5.13 Å². The molecule has 0 fully saturated rings. The number of nitrogens with one attached hydrogen (secondary N) is 1. The Labute approximate surface area is 88.6 Å². The van der Waals surface area contributed by atoms with E-state index in [1.807, 2.05) is 12.3 Å². The van der Waals surface area contributed by atoms with Crippen molar-refractivity contribution in [3.63, 3.8) is 0 Å². The predicted octanol–water partition coefficient (Wildman–Crippen LogP) is 3.01. The average Bonchev–Trinajstić information content (AvgIpc) is 2.53. The number of carbonyl (C=O) groups excluding carboxylic acids is 1. The van der Waals surface area contributed by atoms with E-state index in [1.165, 1.54) is 11.3 Å². The number of hydrogen-bond acceptors (Lipinski definition) is 3. The quantitative estimate of drug-likeness (QED) is 0.833. The Balaban J connectivity index is 2.55. The smallest absolute Gasteiger partial charge is 0.226 e. The first-order chi connectivity index (χ1) is 6.63. The van der Waals surface area contributed by atoms with Crippen LogP contribution in [0.1, 0.15) is 45.2 Å². The molecular formula is C10H16N2OS. The summed E-state index contributed by atoms with van der Waals surface area (Å²) in [5.74, 6) is 0.472. The van der Waals surface area contributed by atoms with Gasteiger partial charge in [-0.3, -0.25) is 4.79 Å². The molecule has 0 radical (unpaired) electrons. The first kappa shape index (κ1) is 11.2. The van der Waals surface area contributed by atoms with Crippen LogP contribution in [-0.2, 0) is 4.79 Å². The number of anilines is 1. The third-order valence-electron chi connectivity index (χ3n) is 1.84. The average molecular weight is 212 g/mol. The second-order valence-corrected chi connectivity index (χ2v) is 4.39. The van der Waals surface area contributed by atoms with Crippen molar-refractivity contribution in [3.8, 4) is 0 Å². The lowest BCUT2D eigenvalue weighted by atomic mass is 10.2. The first-order valence-electron chi connectivity index (χ1n) is 4.88. The van der Waals surface area contributed by atoms with Gasteiger partial charge < -0.3 is 5.32 Å². The van der Waals surface area contributed by atoms with E-state index in [-0.39, 0.29) is 5.91 Å². The predicted molar refractivity (Wildman–Crippen MR) is 59.7 cm³/mol. The standard InChI is InChI=1S/C10H16N2OS/c1-4-5-9(13)12-10-11-8(6-14-10)7(2)3/h6-7H,4-5H2,1-3H3,(H,11,12,13). The molecule has 0 aliphatic rings. The van der Waals surface area contributed by atoms with Crippen molar-refractivity contribution >= 4 is 22.4 Å². The Bertz CT molecular complexity index is 307. The largest absolute Gasteiger partial charge is 0.302 e. The minimum absolute atomic E-state index is 0.0529. The van der Waals surface area contributed by atoms with E-state index >= 15 is 0 Å². The van der Waals surface area contributed by atoms with Crippen LogP contribution in [0.3, 0.4) is 0 Å². The molecule has 1 N–H and O–H groups in total. The molecule has 0 unspecified atom stereocenters. The first-order valence-corrected chi connectivity index (χ1v) is 5.76. The maximum Gasteiger partial charge on any atom is 0.226 e. The SMILES string of the molecule is CCCC(=O)Nc1nc(C(C)C)cs1. The summed E-state index contributed by atoms with van der Waals surface area (Å²) in [5.41, 5.74) is 1.04. The van der Waals surface area contributed by atoms with Gasteiger partial charge in [0.15, 0.2) is 5.13 Å². The summed E-state index contributed by atoms with van der Waals surface area (Å²) >= 11 is 1.49. The lowest BCUT2D eigenvalue weighted by Crippen LogP contribution is -2.10. The Morgan fingerprint density at radius 1 is 1.64 bits per heavy atom. The number of carbonyl (C=O) groups is 1.